The van der Waals surface area contributed by atoms with Gasteiger partial charge in [-0.05, 0) is 9.13 Å². The Morgan fingerprint density at radius 2 is 1.31 bits per heavy atom. The second kappa shape index (κ2) is 15.3. The monoisotopic (exact) mass is 746 g/mol. The number of nitrogens with zero attached hydrogens (tertiary/aromatic N) is 8. The zero-order valence-corrected chi connectivity index (χ0v) is 28.0. The third-order valence-corrected chi connectivity index (χ3v) is 8.98. The number of ether oxygens (including phenoxy) is 2. The number of nitrogens with one attached hydrogen (secondary N) is 2. The average Bonchev–Trinajstić information content (AvgIpc) is 3.83. The minimum absolute atomic E-state index is 0.271. The normalized spacial score (nSPS) is 28.1. The number of halogens is 1. The molecule has 4 aromatic rings. The van der Waals surface area contributed by atoms with Gasteiger partial charge in [-0.25, -0.2) is 34.3 Å². The van der Waals surface area contributed by atoms with E-state index in [1.807, 2.05) is 12.2 Å². The van der Waals surface area contributed by atoms with Crippen LogP contribution >= 0.6 is 39.0 Å². The van der Waals surface area contributed by atoms with Gasteiger partial charge in [-0.2, -0.15) is 0 Å². The Morgan fingerprint density at radius 3 is 1.83 bits per heavy atom. The molecule has 2 aliphatic heterocycles. The van der Waals surface area contributed by atoms with E-state index in [2.05, 4.69) is 65.0 Å². The molecule has 2 saturated heterocycles. The number of rotatable bonds is 14. The maximum Gasteiger partial charge on any atom is 0.582 e. The predicted octanol–water partition coefficient (Wildman–Crippen LogP) is 1.47. The molecule has 19 nitrogen and oxygen atoms in total. The lowest BCUT2D eigenvalue weighted by atomic mass is 10.1. The molecule has 4 unspecified atom stereocenters. The second-order valence-electron chi connectivity index (χ2n) is 10.4. The van der Waals surface area contributed by atoms with Crippen molar-refractivity contribution in [2.75, 3.05) is 36.9 Å². The molecular weight excluding hydrogens is 717 g/mol. The molecule has 10 atom stereocenters. The number of aromatic nitrogens is 8. The number of aliphatic hydroxyl groups excluding tert-OH is 3. The highest BCUT2D eigenvalue weighted by Gasteiger charge is 2.51. The van der Waals surface area contributed by atoms with Gasteiger partial charge in [-0.1, -0.05) is 12.2 Å². The fourth-order valence-electron chi connectivity index (χ4n) is 5.42. The predicted molar refractivity (Wildman–Crippen MR) is 173 cm³/mol. The number of hydrogen-bond donors (Lipinski definition) is 7. The zero-order chi connectivity index (χ0) is 33.9. The van der Waals surface area contributed by atoms with Crippen molar-refractivity contribution in [2.45, 2.75) is 49.1 Å². The van der Waals surface area contributed by atoms with E-state index in [0.717, 1.165) is 0 Å². The lowest BCUT2D eigenvalue weighted by Gasteiger charge is -2.16. The van der Waals surface area contributed by atoms with Crippen LogP contribution in [0.4, 0.5) is 16.0 Å². The molecule has 0 spiro atoms. The van der Waals surface area contributed by atoms with E-state index in [9.17, 15) is 24.4 Å². The van der Waals surface area contributed by atoms with Crippen molar-refractivity contribution in [3.63, 3.8) is 0 Å². The van der Waals surface area contributed by atoms with Crippen LogP contribution in [-0.2, 0) is 27.7 Å². The van der Waals surface area contributed by atoms with Crippen LogP contribution in [-0.4, -0.2) is 117 Å². The maximum absolute atomic E-state index is 15.2. The van der Waals surface area contributed by atoms with Crippen LogP contribution in [0.1, 0.15) is 12.5 Å². The smallest absolute Gasteiger partial charge is 0.394 e. The maximum atomic E-state index is 15.2. The summed E-state index contributed by atoms with van der Waals surface area (Å²) >= 11 is 7.45. The van der Waals surface area contributed by atoms with Crippen LogP contribution in [0.15, 0.2) is 37.5 Å². The molecule has 4 aromatic heterocycles. The molecular formula is C24H29FN10O9P2S2+2. The van der Waals surface area contributed by atoms with Crippen LogP contribution < -0.4 is 10.6 Å². The summed E-state index contributed by atoms with van der Waals surface area (Å²) in [5, 5.41) is 35.9. The number of fused-ring (bicyclic) bond motifs is 2. The van der Waals surface area contributed by atoms with Crippen molar-refractivity contribution >= 4 is 72.9 Å². The molecule has 0 radical (unpaired) electrons. The molecule has 256 valence electrons. The second-order valence-corrected chi connectivity index (χ2v) is 13.7. The Bertz CT molecular complexity index is 1820. The van der Waals surface area contributed by atoms with E-state index in [4.69, 9.17) is 18.5 Å². The van der Waals surface area contributed by atoms with E-state index in [1.165, 1.54) is 34.4 Å². The first-order valence-electron chi connectivity index (χ1n) is 14.2. The summed E-state index contributed by atoms with van der Waals surface area (Å²) in [5.74, 6) is 0.789. The van der Waals surface area contributed by atoms with Gasteiger partial charge in [-0.15, -0.1) is 9.05 Å². The largest absolute Gasteiger partial charge is 0.582 e. The molecule has 0 saturated carbocycles. The number of hydrogen-bond acceptors (Lipinski definition) is 17. The topological polar surface area (TPSA) is 243 Å². The quantitative estimate of drug-likeness (QED) is 0.0549. The molecule has 0 aliphatic carbocycles. The summed E-state index contributed by atoms with van der Waals surface area (Å²) in [7, 11) is -4.81. The summed E-state index contributed by atoms with van der Waals surface area (Å²) in [6.45, 7) is -0.362. The first-order chi connectivity index (χ1) is 23.2. The van der Waals surface area contributed by atoms with Gasteiger partial charge in [-0.3, -0.25) is 9.13 Å². The fraction of sp³-hybridized carbons (Fsp3) is 0.500. The van der Waals surface area contributed by atoms with E-state index in [1.54, 1.807) is 0 Å². The third kappa shape index (κ3) is 7.01. The summed E-state index contributed by atoms with van der Waals surface area (Å²) in [4.78, 5) is 25.7. The minimum Gasteiger partial charge on any atom is -0.394 e. The number of thiol groups is 2. The molecule has 48 heavy (non-hydrogen) atoms. The SMILES string of the molecule is O=[P+](S)OC1C(n2cnc3c(NC/C=C/CNc4ncnc5c4ncn5[C@@H]4O[C@H](CO)[C@@H](O[P+](=O)S)[C@H]4F)ncnc32)O[C@H](CO)[C@H]1O. The Hall–Kier alpha value is -3.01. The Morgan fingerprint density at radius 1 is 0.812 bits per heavy atom. The van der Waals surface area contributed by atoms with Gasteiger partial charge < -0.3 is 35.4 Å². The van der Waals surface area contributed by atoms with Crippen LogP contribution in [0.3, 0.4) is 0 Å². The third-order valence-electron chi connectivity index (χ3n) is 7.57. The number of alkyl halides is 1. The highest BCUT2D eigenvalue weighted by Crippen LogP contribution is 2.42. The van der Waals surface area contributed by atoms with Gasteiger partial charge in [0.25, 0.3) is 0 Å². The number of aliphatic hydroxyl groups is 3. The lowest BCUT2D eigenvalue weighted by Crippen LogP contribution is -2.34. The average molecular weight is 747 g/mol. The lowest BCUT2D eigenvalue weighted by molar-refractivity contribution is -0.0481. The summed E-state index contributed by atoms with van der Waals surface area (Å²) in [6, 6.07) is 0. The Balaban J connectivity index is 1.08. The molecule has 2 aliphatic rings. The molecule has 6 heterocycles. The molecule has 0 aromatic carbocycles. The minimum atomic E-state index is -2.43. The first-order valence-corrected chi connectivity index (χ1v) is 18.9. The van der Waals surface area contributed by atoms with Gasteiger partial charge in [0.05, 0.1) is 25.9 Å². The Kier molecular flexibility index (Phi) is 11.1. The van der Waals surface area contributed by atoms with Crippen molar-refractivity contribution in [1.82, 2.24) is 39.0 Å². The van der Waals surface area contributed by atoms with E-state index in [0.29, 0.717) is 41.4 Å². The first kappa shape index (κ1) is 34.8. The van der Waals surface area contributed by atoms with E-state index < -0.39 is 76.8 Å². The molecule has 2 fully saturated rings. The fourth-order valence-corrected chi connectivity index (χ4v) is 6.97. The molecule has 0 bridgehead atoms. The number of anilines is 2. The standard InChI is InChI=1S/C24H27FN10O9P2S2/c25-13-17(43-45(39)47)12(6-37)42-23(13)34-9-32-14-19(28-7-30-21(14)34)26-3-1-2-4-27-20-15-22(31-8-29-20)35(10-33-15)24-18(44-46(40)48)16(38)11(5-36)41-24/h1-2,7-13,16-18,23-24,36-38H,3-6H2,(H2-2,26,27,28,29,30,31,39,40,47,48)/p+2/b2-1+/t11-,12-,13-,16-,17-,18?,23-,24?/m1/s1. The molecule has 5 N–H and O–H groups in total. The van der Waals surface area contributed by atoms with E-state index in [-0.39, 0.29) is 5.65 Å². The highest BCUT2D eigenvalue weighted by atomic mass is 32.7. The van der Waals surface area contributed by atoms with Gasteiger partial charge in [0.15, 0.2) is 64.8 Å². The highest BCUT2D eigenvalue weighted by molar-refractivity contribution is 8.39. The summed E-state index contributed by atoms with van der Waals surface area (Å²) in [5.41, 5.74) is 1.36. The van der Waals surface area contributed by atoms with E-state index >= 15 is 4.39 Å². The summed E-state index contributed by atoms with van der Waals surface area (Å²) in [6.07, 6.45) is -0.692. The zero-order valence-electron chi connectivity index (χ0n) is 24.4. The molecule has 6 rings (SSSR count). The van der Waals surface area contributed by atoms with Crippen molar-refractivity contribution in [3.05, 3.63) is 37.5 Å². The van der Waals surface area contributed by atoms with Crippen LogP contribution in [0.5, 0.6) is 0 Å². The van der Waals surface area contributed by atoms with Crippen molar-refractivity contribution in [2.24, 2.45) is 0 Å². The molecule has 24 heteroatoms. The van der Waals surface area contributed by atoms with Crippen LogP contribution in [0.25, 0.3) is 22.3 Å². The van der Waals surface area contributed by atoms with Crippen molar-refractivity contribution in [1.29, 1.82) is 0 Å². The summed E-state index contributed by atoms with van der Waals surface area (Å²) < 4.78 is 62.9. The van der Waals surface area contributed by atoms with Crippen LogP contribution in [0.2, 0.25) is 0 Å². The van der Waals surface area contributed by atoms with Gasteiger partial charge in [0.1, 0.15) is 55.5 Å². The van der Waals surface area contributed by atoms with Crippen molar-refractivity contribution < 1.29 is 47.4 Å². The van der Waals surface area contributed by atoms with Gasteiger partial charge >= 0.3 is 14.5 Å². The van der Waals surface area contributed by atoms with Crippen molar-refractivity contribution in [3.8, 4) is 0 Å². The Labute approximate surface area is 282 Å². The number of imidazole rings is 2. The van der Waals surface area contributed by atoms with Gasteiger partial charge in [0.2, 0.25) is 0 Å². The van der Waals surface area contributed by atoms with Gasteiger partial charge in [0, 0.05) is 13.1 Å². The molecule has 0 amide bonds. The van der Waals surface area contributed by atoms with Crippen LogP contribution in [0, 0.1) is 0 Å².